The largest absolute Gasteiger partial charge is 0.459 e. The Hall–Kier alpha value is -2.83. The summed E-state index contributed by atoms with van der Waals surface area (Å²) < 4.78 is 18.4. The minimum absolute atomic E-state index is 0.0752. The zero-order valence-corrected chi connectivity index (χ0v) is 14.0. The van der Waals surface area contributed by atoms with Gasteiger partial charge in [0.25, 0.3) is 5.91 Å². The van der Waals surface area contributed by atoms with Crippen LogP contribution >= 0.6 is 0 Å². The van der Waals surface area contributed by atoms with Gasteiger partial charge in [-0.05, 0) is 36.8 Å². The van der Waals surface area contributed by atoms with Crippen molar-refractivity contribution in [2.24, 2.45) is 0 Å². The van der Waals surface area contributed by atoms with Crippen molar-refractivity contribution in [1.29, 1.82) is 0 Å². The molecule has 1 aromatic heterocycles. The van der Waals surface area contributed by atoms with E-state index in [1.165, 1.54) is 18.4 Å². The molecule has 2 aromatic rings. The number of hydrogen-bond acceptors (Lipinski definition) is 4. The Bertz CT molecular complexity index is 753. The summed E-state index contributed by atoms with van der Waals surface area (Å²) in [5.41, 5.74) is 1.49. The Morgan fingerprint density at radius 2 is 1.88 bits per heavy atom. The van der Waals surface area contributed by atoms with Crippen LogP contribution in [-0.4, -0.2) is 54.3 Å². The van der Waals surface area contributed by atoms with E-state index in [0.717, 1.165) is 5.56 Å². The second-order valence-electron chi connectivity index (χ2n) is 5.96. The van der Waals surface area contributed by atoms with Crippen LogP contribution in [0.3, 0.4) is 0 Å². The number of hydrogen-bond donors (Lipinski definition) is 1. The van der Waals surface area contributed by atoms with Crippen LogP contribution in [0.15, 0.2) is 41.0 Å². The average Bonchev–Trinajstić information content (AvgIpc) is 3.16. The molecule has 1 aliphatic heterocycles. The third kappa shape index (κ3) is 3.99. The number of benzene rings is 1. The average molecular weight is 345 g/mol. The van der Waals surface area contributed by atoms with Crippen molar-refractivity contribution in [1.82, 2.24) is 9.80 Å². The highest BCUT2D eigenvalue weighted by Crippen LogP contribution is 2.16. The van der Waals surface area contributed by atoms with E-state index >= 15 is 0 Å². The molecule has 1 fully saturated rings. The smallest absolute Gasteiger partial charge is 0.289 e. The number of rotatable bonds is 4. The van der Waals surface area contributed by atoms with Crippen molar-refractivity contribution in [2.75, 3.05) is 38.0 Å². The fourth-order valence-corrected chi connectivity index (χ4v) is 2.78. The number of carbonyl (C=O) groups excluding carboxylic acids is 2. The fourth-order valence-electron chi connectivity index (χ4n) is 2.78. The predicted molar refractivity (Wildman–Crippen MR) is 90.8 cm³/mol. The molecule has 3 rings (SSSR count). The van der Waals surface area contributed by atoms with Crippen molar-refractivity contribution < 1.29 is 18.4 Å². The van der Waals surface area contributed by atoms with Gasteiger partial charge in [-0.2, -0.15) is 0 Å². The second kappa shape index (κ2) is 7.38. The summed E-state index contributed by atoms with van der Waals surface area (Å²) in [7, 11) is 0. The van der Waals surface area contributed by atoms with Crippen molar-refractivity contribution in [3.05, 3.63) is 53.7 Å². The molecule has 7 heteroatoms. The third-order valence-electron chi connectivity index (χ3n) is 4.28. The molecule has 1 aromatic carbocycles. The maximum Gasteiger partial charge on any atom is 0.289 e. The number of carbonyl (C=O) groups is 2. The van der Waals surface area contributed by atoms with Crippen LogP contribution in [-0.2, 0) is 4.79 Å². The van der Waals surface area contributed by atoms with Crippen molar-refractivity contribution >= 4 is 17.5 Å². The van der Waals surface area contributed by atoms with Crippen molar-refractivity contribution in [3.63, 3.8) is 0 Å². The number of halogens is 1. The van der Waals surface area contributed by atoms with Gasteiger partial charge < -0.3 is 19.5 Å². The quantitative estimate of drug-likeness (QED) is 0.922. The Morgan fingerprint density at radius 3 is 2.56 bits per heavy atom. The summed E-state index contributed by atoms with van der Waals surface area (Å²) in [6.45, 7) is 3.81. The maximum atomic E-state index is 13.3. The first-order chi connectivity index (χ1) is 12.0. The lowest BCUT2D eigenvalue weighted by Crippen LogP contribution is -2.51. The highest BCUT2D eigenvalue weighted by atomic mass is 19.1. The molecule has 2 amide bonds. The zero-order chi connectivity index (χ0) is 17.8. The summed E-state index contributed by atoms with van der Waals surface area (Å²) in [6, 6.07) is 7.74. The Kier molecular flexibility index (Phi) is 5.02. The number of furan rings is 1. The van der Waals surface area contributed by atoms with Crippen LogP contribution in [0.25, 0.3) is 0 Å². The van der Waals surface area contributed by atoms with Gasteiger partial charge in [0.05, 0.1) is 12.8 Å². The highest BCUT2D eigenvalue weighted by molar-refractivity contribution is 5.91. The molecule has 0 atom stereocenters. The van der Waals surface area contributed by atoms with Gasteiger partial charge in [0, 0.05) is 31.9 Å². The lowest BCUT2D eigenvalue weighted by molar-refractivity contribution is -0.130. The van der Waals surface area contributed by atoms with Crippen LogP contribution in [0.1, 0.15) is 16.1 Å². The van der Waals surface area contributed by atoms with Crippen LogP contribution in [0.5, 0.6) is 0 Å². The molecule has 6 nitrogen and oxygen atoms in total. The van der Waals surface area contributed by atoms with Crippen LogP contribution < -0.4 is 5.32 Å². The SMILES string of the molecule is Cc1ccc(F)cc1NCC(=O)N1CCN(C(=O)c2ccco2)CC1. The molecule has 132 valence electrons. The summed E-state index contributed by atoms with van der Waals surface area (Å²) >= 11 is 0. The number of nitrogens with zero attached hydrogens (tertiary/aromatic N) is 2. The zero-order valence-electron chi connectivity index (χ0n) is 14.0. The molecule has 0 unspecified atom stereocenters. The predicted octanol–water partition coefficient (Wildman–Crippen LogP) is 2.12. The number of aryl methyl sites for hydroxylation is 1. The molecule has 1 aliphatic rings. The van der Waals surface area contributed by atoms with E-state index < -0.39 is 0 Å². The lowest BCUT2D eigenvalue weighted by Gasteiger charge is -2.34. The van der Waals surface area contributed by atoms with Crippen LogP contribution in [0.4, 0.5) is 10.1 Å². The minimum Gasteiger partial charge on any atom is -0.459 e. The molecule has 0 spiro atoms. The molecule has 2 heterocycles. The molecular weight excluding hydrogens is 325 g/mol. The Morgan fingerprint density at radius 1 is 1.16 bits per heavy atom. The highest BCUT2D eigenvalue weighted by Gasteiger charge is 2.25. The number of nitrogens with one attached hydrogen (secondary N) is 1. The van der Waals surface area contributed by atoms with E-state index in [0.29, 0.717) is 37.6 Å². The van der Waals surface area contributed by atoms with E-state index in [1.807, 2.05) is 6.92 Å². The lowest BCUT2D eigenvalue weighted by atomic mass is 10.2. The van der Waals surface area contributed by atoms with Gasteiger partial charge in [-0.3, -0.25) is 9.59 Å². The van der Waals surface area contributed by atoms with Crippen LogP contribution in [0.2, 0.25) is 0 Å². The van der Waals surface area contributed by atoms with E-state index in [-0.39, 0.29) is 24.2 Å². The van der Waals surface area contributed by atoms with Crippen LogP contribution in [0, 0.1) is 12.7 Å². The van der Waals surface area contributed by atoms with Gasteiger partial charge in [-0.25, -0.2) is 4.39 Å². The van der Waals surface area contributed by atoms with Crippen molar-refractivity contribution in [2.45, 2.75) is 6.92 Å². The van der Waals surface area contributed by atoms with Crippen molar-refractivity contribution in [3.8, 4) is 0 Å². The number of piperazine rings is 1. The van der Waals surface area contributed by atoms with E-state index in [1.54, 1.807) is 28.0 Å². The molecule has 0 saturated carbocycles. The van der Waals surface area contributed by atoms with Gasteiger partial charge in [-0.1, -0.05) is 6.07 Å². The summed E-state index contributed by atoms with van der Waals surface area (Å²) in [5, 5.41) is 2.98. The third-order valence-corrected chi connectivity index (χ3v) is 4.28. The maximum absolute atomic E-state index is 13.3. The summed E-state index contributed by atoms with van der Waals surface area (Å²) in [6.07, 6.45) is 1.47. The monoisotopic (exact) mass is 345 g/mol. The van der Waals surface area contributed by atoms with E-state index in [4.69, 9.17) is 4.42 Å². The van der Waals surface area contributed by atoms with E-state index in [9.17, 15) is 14.0 Å². The number of anilines is 1. The molecule has 25 heavy (non-hydrogen) atoms. The van der Waals surface area contributed by atoms with Gasteiger partial charge in [0.15, 0.2) is 5.76 Å². The molecule has 0 bridgehead atoms. The first-order valence-corrected chi connectivity index (χ1v) is 8.15. The fraction of sp³-hybridized carbons (Fsp3) is 0.333. The van der Waals surface area contributed by atoms with E-state index in [2.05, 4.69) is 5.32 Å². The normalized spacial score (nSPS) is 14.5. The Labute approximate surface area is 145 Å². The Balaban J connectivity index is 1.50. The molecule has 1 N–H and O–H groups in total. The second-order valence-corrected chi connectivity index (χ2v) is 5.96. The summed E-state index contributed by atoms with van der Waals surface area (Å²) in [5.74, 6) is -0.270. The molecule has 0 aliphatic carbocycles. The van der Waals surface area contributed by atoms with Gasteiger partial charge in [0.2, 0.25) is 5.91 Å². The first-order valence-electron chi connectivity index (χ1n) is 8.15. The first kappa shape index (κ1) is 17.0. The van der Waals surface area contributed by atoms with Gasteiger partial charge in [0.1, 0.15) is 5.82 Å². The van der Waals surface area contributed by atoms with Gasteiger partial charge >= 0.3 is 0 Å². The molecule has 0 radical (unpaired) electrons. The number of amides is 2. The summed E-state index contributed by atoms with van der Waals surface area (Å²) in [4.78, 5) is 27.9. The standard InChI is InChI=1S/C18H20FN3O3/c1-13-4-5-14(19)11-15(13)20-12-17(23)21-6-8-22(9-7-21)18(24)16-3-2-10-25-16/h2-5,10-11,20H,6-9,12H2,1H3. The topological polar surface area (TPSA) is 65.8 Å². The van der Waals surface area contributed by atoms with Gasteiger partial charge in [-0.15, -0.1) is 0 Å². The molecular formula is C18H20FN3O3. The molecule has 1 saturated heterocycles. The minimum atomic E-state index is -0.342.